The van der Waals surface area contributed by atoms with Gasteiger partial charge in [-0.1, -0.05) is 24.3 Å². The molecular weight excluding hydrogens is 160 g/mol. The number of carbonyl (C=O) groups excluding carboxylic acids is 1. The summed E-state index contributed by atoms with van der Waals surface area (Å²) in [5.41, 5.74) is 2.29. The highest BCUT2D eigenvalue weighted by Crippen LogP contribution is 2.33. The van der Waals surface area contributed by atoms with E-state index in [-0.39, 0.29) is 5.41 Å². The molecule has 0 aromatic heterocycles. The molecule has 0 amide bonds. The Bertz CT molecular complexity index is 350. The summed E-state index contributed by atoms with van der Waals surface area (Å²) in [6.45, 7) is 4.04. The summed E-state index contributed by atoms with van der Waals surface area (Å²) in [7, 11) is 0. The molecule has 1 nitrogen and oxygen atoms in total. The standard InChI is InChI=1S/C12H14O/c1-12(2)10-6-4-3-5-9(10)7-8-11(12)13/h3-6H,7-8H2,1-2H3. The van der Waals surface area contributed by atoms with E-state index in [2.05, 4.69) is 12.1 Å². The second-order valence-corrected chi connectivity index (χ2v) is 4.21. The van der Waals surface area contributed by atoms with Crippen LogP contribution in [0, 0.1) is 0 Å². The number of benzene rings is 1. The summed E-state index contributed by atoms with van der Waals surface area (Å²) in [5.74, 6) is 0.367. The van der Waals surface area contributed by atoms with Gasteiger partial charge in [-0.15, -0.1) is 0 Å². The molecule has 0 aliphatic heterocycles. The lowest BCUT2D eigenvalue weighted by Crippen LogP contribution is -2.34. The van der Waals surface area contributed by atoms with Crippen LogP contribution in [-0.4, -0.2) is 5.78 Å². The fraction of sp³-hybridized carbons (Fsp3) is 0.417. The van der Waals surface area contributed by atoms with E-state index in [9.17, 15) is 4.79 Å². The van der Waals surface area contributed by atoms with Crippen LogP contribution in [0.5, 0.6) is 0 Å². The quantitative estimate of drug-likeness (QED) is 0.590. The average molecular weight is 174 g/mol. The zero-order valence-electron chi connectivity index (χ0n) is 8.13. The predicted molar refractivity (Wildman–Crippen MR) is 52.8 cm³/mol. The zero-order chi connectivity index (χ0) is 9.47. The Morgan fingerprint density at radius 1 is 1.15 bits per heavy atom. The molecule has 0 saturated carbocycles. The molecule has 0 bridgehead atoms. The lowest BCUT2D eigenvalue weighted by Gasteiger charge is -2.30. The van der Waals surface area contributed by atoms with E-state index in [4.69, 9.17) is 0 Å². The zero-order valence-corrected chi connectivity index (χ0v) is 8.13. The van der Waals surface area contributed by atoms with Gasteiger partial charge in [0, 0.05) is 11.8 Å². The van der Waals surface area contributed by atoms with Crippen molar-refractivity contribution in [3.8, 4) is 0 Å². The van der Waals surface area contributed by atoms with Gasteiger partial charge in [0.25, 0.3) is 0 Å². The minimum atomic E-state index is -0.269. The molecule has 1 aliphatic rings. The van der Waals surface area contributed by atoms with Crippen molar-refractivity contribution in [2.24, 2.45) is 0 Å². The van der Waals surface area contributed by atoms with Gasteiger partial charge in [-0.2, -0.15) is 0 Å². The Kier molecular flexibility index (Phi) is 1.76. The monoisotopic (exact) mass is 174 g/mol. The van der Waals surface area contributed by atoms with Gasteiger partial charge >= 0.3 is 0 Å². The number of carbonyl (C=O) groups is 1. The van der Waals surface area contributed by atoms with Crippen molar-refractivity contribution in [3.63, 3.8) is 0 Å². The van der Waals surface area contributed by atoms with Crippen LogP contribution in [-0.2, 0) is 16.6 Å². The Labute approximate surface area is 78.8 Å². The summed E-state index contributed by atoms with van der Waals surface area (Å²) in [5, 5.41) is 0. The second-order valence-electron chi connectivity index (χ2n) is 4.21. The summed E-state index contributed by atoms with van der Waals surface area (Å²) in [4.78, 5) is 11.7. The van der Waals surface area contributed by atoms with Crippen molar-refractivity contribution >= 4 is 5.78 Å². The maximum atomic E-state index is 11.7. The first-order chi connectivity index (χ1) is 6.12. The molecule has 1 aliphatic carbocycles. The minimum absolute atomic E-state index is 0.269. The minimum Gasteiger partial charge on any atom is -0.299 e. The largest absolute Gasteiger partial charge is 0.299 e. The predicted octanol–water partition coefficient (Wildman–Crippen LogP) is 2.48. The number of Topliss-reactive ketones (excluding diaryl/α,β-unsaturated/α-hetero) is 1. The molecule has 0 radical (unpaired) electrons. The summed E-state index contributed by atoms with van der Waals surface area (Å²) < 4.78 is 0. The summed E-state index contributed by atoms with van der Waals surface area (Å²) >= 11 is 0. The lowest BCUT2D eigenvalue weighted by molar-refractivity contribution is -0.124. The number of ketones is 1. The molecule has 1 aromatic carbocycles. The number of hydrogen-bond acceptors (Lipinski definition) is 1. The van der Waals surface area contributed by atoms with Crippen molar-refractivity contribution < 1.29 is 4.79 Å². The van der Waals surface area contributed by atoms with Crippen molar-refractivity contribution in [2.45, 2.75) is 32.1 Å². The van der Waals surface area contributed by atoms with Crippen molar-refractivity contribution in [1.29, 1.82) is 0 Å². The average Bonchev–Trinajstić information content (AvgIpc) is 2.13. The highest BCUT2D eigenvalue weighted by Gasteiger charge is 2.34. The molecule has 1 aromatic rings. The number of hydrogen-bond donors (Lipinski definition) is 0. The van der Waals surface area contributed by atoms with E-state index in [1.165, 1.54) is 11.1 Å². The van der Waals surface area contributed by atoms with Gasteiger partial charge in [0.15, 0.2) is 0 Å². The second kappa shape index (κ2) is 2.69. The highest BCUT2D eigenvalue weighted by molar-refractivity contribution is 5.91. The lowest BCUT2D eigenvalue weighted by atomic mass is 9.72. The van der Waals surface area contributed by atoms with Crippen molar-refractivity contribution in [2.75, 3.05) is 0 Å². The van der Waals surface area contributed by atoms with Crippen molar-refractivity contribution in [3.05, 3.63) is 35.4 Å². The SMILES string of the molecule is CC1(C)C(=O)CCc2ccccc21. The Morgan fingerprint density at radius 3 is 2.62 bits per heavy atom. The fourth-order valence-corrected chi connectivity index (χ4v) is 2.06. The Morgan fingerprint density at radius 2 is 1.85 bits per heavy atom. The van der Waals surface area contributed by atoms with Gasteiger partial charge in [0.05, 0.1) is 0 Å². The van der Waals surface area contributed by atoms with Crippen LogP contribution in [0.25, 0.3) is 0 Å². The van der Waals surface area contributed by atoms with E-state index in [0.717, 1.165) is 6.42 Å². The van der Waals surface area contributed by atoms with Gasteiger partial charge < -0.3 is 0 Å². The first-order valence-electron chi connectivity index (χ1n) is 4.74. The van der Waals surface area contributed by atoms with Crippen LogP contribution in [0.1, 0.15) is 31.4 Å². The van der Waals surface area contributed by atoms with Gasteiger partial charge in [0.1, 0.15) is 5.78 Å². The fourth-order valence-electron chi connectivity index (χ4n) is 2.06. The molecule has 13 heavy (non-hydrogen) atoms. The topological polar surface area (TPSA) is 17.1 Å². The first kappa shape index (κ1) is 8.49. The molecule has 68 valence electrons. The van der Waals surface area contributed by atoms with Gasteiger partial charge in [-0.25, -0.2) is 0 Å². The Balaban J connectivity index is 2.59. The van der Waals surface area contributed by atoms with Crippen LogP contribution in [0.4, 0.5) is 0 Å². The van der Waals surface area contributed by atoms with E-state index in [1.54, 1.807) is 0 Å². The summed E-state index contributed by atoms with van der Waals surface area (Å²) in [6.07, 6.45) is 1.61. The number of fused-ring (bicyclic) bond motifs is 1. The maximum absolute atomic E-state index is 11.7. The highest BCUT2D eigenvalue weighted by atomic mass is 16.1. The number of rotatable bonds is 0. The molecule has 0 unspecified atom stereocenters. The van der Waals surface area contributed by atoms with E-state index < -0.39 is 0 Å². The van der Waals surface area contributed by atoms with Crippen LogP contribution < -0.4 is 0 Å². The molecule has 0 fully saturated rings. The van der Waals surface area contributed by atoms with Crippen molar-refractivity contribution in [1.82, 2.24) is 0 Å². The molecule has 1 heteroatoms. The van der Waals surface area contributed by atoms with E-state index in [1.807, 2.05) is 26.0 Å². The van der Waals surface area contributed by atoms with Crippen LogP contribution in [0.2, 0.25) is 0 Å². The third kappa shape index (κ3) is 1.19. The molecule has 0 N–H and O–H groups in total. The van der Waals surface area contributed by atoms with E-state index in [0.29, 0.717) is 12.2 Å². The summed E-state index contributed by atoms with van der Waals surface area (Å²) in [6, 6.07) is 8.26. The molecule has 0 spiro atoms. The third-order valence-electron chi connectivity index (χ3n) is 3.01. The molecular formula is C12H14O. The Hall–Kier alpha value is -1.11. The molecule has 2 rings (SSSR count). The van der Waals surface area contributed by atoms with E-state index >= 15 is 0 Å². The normalized spacial score (nSPS) is 19.7. The van der Waals surface area contributed by atoms with Gasteiger partial charge in [0.2, 0.25) is 0 Å². The van der Waals surface area contributed by atoms with Crippen LogP contribution in [0.15, 0.2) is 24.3 Å². The molecule has 0 saturated heterocycles. The third-order valence-corrected chi connectivity index (χ3v) is 3.01. The number of aryl methyl sites for hydroxylation is 1. The first-order valence-corrected chi connectivity index (χ1v) is 4.74. The van der Waals surface area contributed by atoms with Gasteiger partial charge in [-0.3, -0.25) is 4.79 Å². The smallest absolute Gasteiger partial charge is 0.143 e. The van der Waals surface area contributed by atoms with Crippen LogP contribution in [0.3, 0.4) is 0 Å². The molecule has 0 atom stereocenters. The molecule has 0 heterocycles. The maximum Gasteiger partial charge on any atom is 0.143 e. The van der Waals surface area contributed by atoms with Gasteiger partial charge in [-0.05, 0) is 31.4 Å². The van der Waals surface area contributed by atoms with Crippen LogP contribution >= 0.6 is 0 Å².